The molecule has 8 nitrogen and oxygen atoms in total. The van der Waals surface area contributed by atoms with Crippen LogP contribution in [-0.4, -0.2) is 49.1 Å². The average Bonchev–Trinajstić information content (AvgIpc) is 3.30. The zero-order chi connectivity index (χ0) is 40.1. The lowest BCUT2D eigenvalue weighted by Gasteiger charge is -2.30. The van der Waals surface area contributed by atoms with E-state index >= 15 is 0 Å². The van der Waals surface area contributed by atoms with Gasteiger partial charge in [0.2, 0.25) is 0 Å². The van der Waals surface area contributed by atoms with Gasteiger partial charge in [0.1, 0.15) is 12.4 Å². The van der Waals surface area contributed by atoms with Gasteiger partial charge in [-0.2, -0.15) is 0 Å². The van der Waals surface area contributed by atoms with Crippen LogP contribution in [0.2, 0.25) is 0 Å². The highest BCUT2D eigenvalue weighted by Crippen LogP contribution is 2.25. The summed E-state index contributed by atoms with van der Waals surface area (Å²) in [4.78, 5) is 53.8. The molecule has 7 aromatic carbocycles. The first kappa shape index (κ1) is 38.7. The van der Waals surface area contributed by atoms with Crippen LogP contribution < -0.4 is 4.74 Å². The molecular weight excluding hydrogens is 729 g/mol. The maximum absolute atomic E-state index is 13.9. The molecule has 58 heavy (non-hydrogen) atoms. The summed E-state index contributed by atoms with van der Waals surface area (Å²) in [5.41, 5.74) is 6.17. The molecule has 286 valence electrons. The Morgan fingerprint density at radius 1 is 0.414 bits per heavy atom. The Labute approximate surface area is 336 Å². The molecule has 8 heteroatoms. The van der Waals surface area contributed by atoms with Crippen LogP contribution in [-0.2, 0) is 19.0 Å². The molecule has 0 fully saturated rings. The minimum Gasteiger partial charge on any atom is -0.483 e. The summed E-state index contributed by atoms with van der Waals surface area (Å²) in [6, 6.07) is 58.0. The van der Waals surface area contributed by atoms with Gasteiger partial charge in [-0.25, -0.2) is 14.4 Å². The van der Waals surface area contributed by atoms with E-state index in [-0.39, 0.29) is 16.7 Å². The van der Waals surface area contributed by atoms with Crippen molar-refractivity contribution < 1.29 is 38.1 Å². The molecule has 0 aliphatic carbocycles. The smallest absolute Gasteiger partial charge is 0.338 e. The van der Waals surface area contributed by atoms with Crippen molar-refractivity contribution in [2.75, 3.05) is 6.61 Å². The molecule has 0 aliphatic rings. The number of rotatable bonds is 15. The lowest BCUT2D eigenvalue weighted by molar-refractivity contribution is -0.129. The number of carbonyl (C=O) groups excluding carboxylic acids is 4. The van der Waals surface area contributed by atoms with Crippen molar-refractivity contribution in [2.45, 2.75) is 18.3 Å². The van der Waals surface area contributed by atoms with Crippen LogP contribution in [0.15, 0.2) is 194 Å². The number of ether oxygens (including phenoxy) is 4. The number of hydrogen-bond donors (Lipinski definition) is 0. The fraction of sp³-hybridized carbons (Fsp3) is 0.0800. The van der Waals surface area contributed by atoms with E-state index in [1.165, 1.54) is 0 Å². The molecule has 0 aliphatic heterocycles. The Morgan fingerprint density at radius 3 is 1.16 bits per heavy atom. The second kappa shape index (κ2) is 18.8. The second-order valence-electron chi connectivity index (χ2n) is 13.3. The van der Waals surface area contributed by atoms with Gasteiger partial charge in [-0.15, -0.1) is 0 Å². The first-order chi connectivity index (χ1) is 28.4. The van der Waals surface area contributed by atoms with Gasteiger partial charge >= 0.3 is 17.9 Å². The lowest BCUT2D eigenvalue weighted by Crippen LogP contribution is -2.49. The number of hydrogen-bond acceptors (Lipinski definition) is 8. The Morgan fingerprint density at radius 2 is 0.759 bits per heavy atom. The van der Waals surface area contributed by atoms with Crippen molar-refractivity contribution in [1.82, 2.24) is 0 Å². The topological polar surface area (TPSA) is 105 Å². The fourth-order valence-electron chi connectivity index (χ4n) is 6.31. The van der Waals surface area contributed by atoms with E-state index in [0.29, 0.717) is 12.0 Å². The molecule has 0 saturated heterocycles. The lowest BCUT2D eigenvalue weighted by atomic mass is 10.0. The van der Waals surface area contributed by atoms with Crippen LogP contribution in [0, 0.1) is 0 Å². The molecule has 0 aromatic heterocycles. The van der Waals surface area contributed by atoms with Crippen LogP contribution in [0.25, 0.3) is 33.4 Å². The molecule has 0 radical (unpaired) electrons. The van der Waals surface area contributed by atoms with Crippen molar-refractivity contribution in [2.24, 2.45) is 0 Å². The highest BCUT2D eigenvalue weighted by molar-refractivity contribution is 5.92. The third-order valence-electron chi connectivity index (χ3n) is 9.40. The van der Waals surface area contributed by atoms with Gasteiger partial charge in [-0.3, -0.25) is 4.79 Å². The Bertz CT molecular complexity index is 2420. The standard InChI is InChI=1S/C50H38O8/c51-33-45(57-49(53)42-29-23-39(24-30-42)36-15-7-2-8-16-36)47(58-50(54)43-31-25-40(26-32-43)37-17-9-3-10-18-37)46(56-44-19-11-4-12-20-44)34-55-48(52)41-27-21-38(22-28-41)35-13-5-1-6-14-35/h1-33,45-47H,34H2/t45-,46+,47+/m0/s1. The van der Waals surface area contributed by atoms with Crippen LogP contribution in [0.3, 0.4) is 0 Å². The van der Waals surface area contributed by atoms with Gasteiger partial charge < -0.3 is 18.9 Å². The minimum absolute atomic E-state index is 0.166. The molecule has 3 atom stereocenters. The largest absolute Gasteiger partial charge is 0.483 e. The summed E-state index contributed by atoms with van der Waals surface area (Å²) in [6.07, 6.45) is -4.19. The number of para-hydroxylation sites is 1. The zero-order valence-corrected chi connectivity index (χ0v) is 31.3. The van der Waals surface area contributed by atoms with Crippen LogP contribution in [0.4, 0.5) is 0 Å². The number of carbonyl (C=O) groups is 4. The number of benzene rings is 7. The van der Waals surface area contributed by atoms with Gasteiger partial charge in [0.15, 0.2) is 24.6 Å². The Hall–Kier alpha value is -7.58. The predicted molar refractivity (Wildman–Crippen MR) is 221 cm³/mol. The molecule has 0 amide bonds. The first-order valence-corrected chi connectivity index (χ1v) is 18.7. The van der Waals surface area contributed by atoms with Gasteiger partial charge in [0.25, 0.3) is 0 Å². The Kier molecular flexibility index (Phi) is 12.6. The summed E-state index contributed by atoms with van der Waals surface area (Å²) < 4.78 is 23.8. The quantitative estimate of drug-likeness (QED) is 0.0577. The summed E-state index contributed by atoms with van der Waals surface area (Å²) >= 11 is 0. The normalized spacial score (nSPS) is 12.3. The van der Waals surface area contributed by atoms with Gasteiger partial charge in [-0.05, 0) is 81.9 Å². The second-order valence-corrected chi connectivity index (χ2v) is 13.3. The number of esters is 3. The molecule has 0 bridgehead atoms. The van der Waals surface area contributed by atoms with E-state index in [9.17, 15) is 19.2 Å². The Balaban J connectivity index is 1.16. The van der Waals surface area contributed by atoms with Gasteiger partial charge in [-0.1, -0.05) is 146 Å². The average molecular weight is 767 g/mol. The van der Waals surface area contributed by atoms with E-state index in [4.69, 9.17) is 18.9 Å². The fourth-order valence-corrected chi connectivity index (χ4v) is 6.31. The number of aldehydes is 1. The van der Waals surface area contributed by atoms with Crippen LogP contribution >= 0.6 is 0 Å². The minimum atomic E-state index is -1.67. The molecule has 0 saturated carbocycles. The summed E-state index contributed by atoms with van der Waals surface area (Å²) in [6.45, 7) is -0.479. The zero-order valence-electron chi connectivity index (χ0n) is 31.3. The molecule has 0 N–H and O–H groups in total. The van der Waals surface area contributed by atoms with Crippen molar-refractivity contribution in [1.29, 1.82) is 0 Å². The van der Waals surface area contributed by atoms with E-state index in [1.54, 1.807) is 91.0 Å². The molecule has 7 aromatic rings. The SMILES string of the molecule is O=C[C@H](OC(=O)c1ccc(-c2ccccc2)cc1)[C@@H](OC(=O)c1ccc(-c2ccccc2)cc1)[C@@H](COC(=O)c1ccc(-c2ccccc2)cc1)Oc1ccccc1. The van der Waals surface area contributed by atoms with Crippen molar-refractivity contribution in [3.63, 3.8) is 0 Å². The van der Waals surface area contributed by atoms with E-state index in [1.807, 2.05) is 103 Å². The third kappa shape index (κ3) is 9.80. The molecule has 0 heterocycles. The van der Waals surface area contributed by atoms with Crippen molar-refractivity contribution >= 4 is 24.2 Å². The third-order valence-corrected chi connectivity index (χ3v) is 9.40. The molecular formula is C50H38O8. The van der Waals surface area contributed by atoms with Crippen LogP contribution in [0.5, 0.6) is 5.75 Å². The van der Waals surface area contributed by atoms with E-state index in [0.717, 1.165) is 33.4 Å². The first-order valence-electron chi connectivity index (χ1n) is 18.7. The van der Waals surface area contributed by atoms with Crippen molar-refractivity contribution in [3.8, 4) is 39.1 Å². The predicted octanol–water partition coefficient (Wildman–Crippen LogP) is 9.94. The molecule has 0 spiro atoms. The van der Waals surface area contributed by atoms with Gasteiger partial charge in [0, 0.05) is 0 Å². The maximum Gasteiger partial charge on any atom is 0.338 e. The highest BCUT2D eigenvalue weighted by Gasteiger charge is 2.39. The van der Waals surface area contributed by atoms with E-state index in [2.05, 4.69) is 0 Å². The van der Waals surface area contributed by atoms with Crippen molar-refractivity contribution in [3.05, 3.63) is 211 Å². The molecule has 0 unspecified atom stereocenters. The summed E-state index contributed by atoms with van der Waals surface area (Å²) in [5, 5.41) is 0. The summed E-state index contributed by atoms with van der Waals surface area (Å²) in [5.74, 6) is -2.00. The van der Waals surface area contributed by atoms with E-state index < -0.39 is 42.8 Å². The van der Waals surface area contributed by atoms with Gasteiger partial charge in [0.05, 0.1) is 16.7 Å². The monoisotopic (exact) mass is 766 g/mol. The molecule has 7 rings (SSSR count). The maximum atomic E-state index is 13.9. The van der Waals surface area contributed by atoms with Crippen LogP contribution in [0.1, 0.15) is 31.1 Å². The highest BCUT2D eigenvalue weighted by atomic mass is 16.6. The summed E-state index contributed by atoms with van der Waals surface area (Å²) in [7, 11) is 0.